The molecule has 1 rings (SSSR count). The minimum atomic E-state index is 0.247. The first-order chi connectivity index (χ1) is 6.24. The van der Waals surface area contributed by atoms with Crippen LogP contribution in [0.4, 0.5) is 0 Å². The van der Waals surface area contributed by atoms with Gasteiger partial charge in [-0.15, -0.1) is 11.8 Å². The van der Waals surface area contributed by atoms with E-state index in [0.717, 1.165) is 0 Å². The number of benzene rings is 1. The maximum atomic E-state index is 9.14. The second-order valence-corrected chi connectivity index (χ2v) is 4.71. The van der Waals surface area contributed by atoms with Gasteiger partial charge in [0.2, 0.25) is 0 Å². The number of rotatable bonds is 4. The number of hydrogen-bond acceptors (Lipinski definition) is 2. The van der Waals surface area contributed by atoms with Gasteiger partial charge < -0.3 is 5.11 Å². The molecule has 0 amide bonds. The van der Waals surface area contributed by atoms with Crippen LogP contribution in [-0.4, -0.2) is 17.0 Å². The second-order valence-electron chi connectivity index (χ2n) is 3.40. The van der Waals surface area contributed by atoms with Crippen LogP contribution in [0, 0.1) is 5.92 Å². The summed E-state index contributed by atoms with van der Waals surface area (Å²) in [6.07, 6.45) is 0. The SMILES string of the molecule is CC(C)[C@H](CO)Sc1ccccc1. The average molecular weight is 196 g/mol. The van der Waals surface area contributed by atoms with Crippen molar-refractivity contribution in [3.05, 3.63) is 30.3 Å². The first-order valence-corrected chi connectivity index (χ1v) is 5.44. The third-order valence-electron chi connectivity index (χ3n) is 1.95. The Hall–Kier alpha value is -0.470. The monoisotopic (exact) mass is 196 g/mol. The number of thioether (sulfide) groups is 1. The molecule has 0 aliphatic heterocycles. The molecule has 0 heterocycles. The van der Waals surface area contributed by atoms with Crippen LogP contribution in [0.5, 0.6) is 0 Å². The van der Waals surface area contributed by atoms with E-state index in [0.29, 0.717) is 11.2 Å². The van der Waals surface area contributed by atoms with Crippen LogP contribution in [0.25, 0.3) is 0 Å². The Labute approximate surface area is 84.2 Å². The van der Waals surface area contributed by atoms with E-state index in [1.165, 1.54) is 4.90 Å². The Kier molecular flexibility index (Phi) is 4.33. The lowest BCUT2D eigenvalue weighted by atomic mass is 10.1. The van der Waals surface area contributed by atoms with E-state index in [2.05, 4.69) is 26.0 Å². The quantitative estimate of drug-likeness (QED) is 0.747. The van der Waals surface area contributed by atoms with E-state index in [-0.39, 0.29) is 6.61 Å². The molecule has 1 aromatic carbocycles. The van der Waals surface area contributed by atoms with E-state index in [1.807, 2.05) is 18.2 Å². The van der Waals surface area contributed by atoms with Gasteiger partial charge in [-0.1, -0.05) is 32.0 Å². The molecule has 2 heteroatoms. The van der Waals surface area contributed by atoms with Gasteiger partial charge in [-0.2, -0.15) is 0 Å². The van der Waals surface area contributed by atoms with Crippen molar-refractivity contribution in [2.45, 2.75) is 24.0 Å². The molecular formula is C11H16OS. The first kappa shape index (κ1) is 10.6. The van der Waals surface area contributed by atoms with Crippen molar-refractivity contribution in [1.82, 2.24) is 0 Å². The fraction of sp³-hybridized carbons (Fsp3) is 0.455. The highest BCUT2D eigenvalue weighted by molar-refractivity contribution is 8.00. The lowest BCUT2D eigenvalue weighted by Crippen LogP contribution is -2.15. The predicted molar refractivity (Wildman–Crippen MR) is 58.0 cm³/mol. The molecule has 0 radical (unpaired) electrons. The smallest absolute Gasteiger partial charge is 0.0556 e. The lowest BCUT2D eigenvalue weighted by molar-refractivity contribution is 0.275. The lowest BCUT2D eigenvalue weighted by Gasteiger charge is -2.17. The highest BCUT2D eigenvalue weighted by atomic mass is 32.2. The van der Waals surface area contributed by atoms with Crippen LogP contribution in [0.3, 0.4) is 0 Å². The van der Waals surface area contributed by atoms with Gasteiger partial charge in [0, 0.05) is 10.1 Å². The van der Waals surface area contributed by atoms with Crippen LogP contribution in [-0.2, 0) is 0 Å². The standard InChI is InChI=1S/C11H16OS/c1-9(2)11(8-12)13-10-6-4-3-5-7-10/h3-7,9,11-12H,8H2,1-2H3/t11-/m0/s1. The Balaban J connectivity index is 2.57. The highest BCUT2D eigenvalue weighted by Crippen LogP contribution is 2.27. The van der Waals surface area contributed by atoms with E-state index < -0.39 is 0 Å². The fourth-order valence-corrected chi connectivity index (χ4v) is 2.07. The zero-order valence-corrected chi connectivity index (χ0v) is 8.92. The van der Waals surface area contributed by atoms with Crippen LogP contribution in [0.1, 0.15) is 13.8 Å². The molecule has 13 heavy (non-hydrogen) atoms. The van der Waals surface area contributed by atoms with Gasteiger partial charge in [0.25, 0.3) is 0 Å². The summed E-state index contributed by atoms with van der Waals surface area (Å²) in [4.78, 5) is 1.23. The Morgan fingerprint density at radius 3 is 2.31 bits per heavy atom. The maximum Gasteiger partial charge on any atom is 0.0556 e. The van der Waals surface area contributed by atoms with Gasteiger partial charge in [-0.3, -0.25) is 0 Å². The minimum absolute atomic E-state index is 0.247. The van der Waals surface area contributed by atoms with Crippen LogP contribution in [0.15, 0.2) is 35.2 Å². The highest BCUT2D eigenvalue weighted by Gasteiger charge is 2.12. The number of hydrogen-bond donors (Lipinski definition) is 1. The summed E-state index contributed by atoms with van der Waals surface area (Å²) >= 11 is 1.75. The largest absolute Gasteiger partial charge is 0.395 e. The molecule has 0 bridgehead atoms. The molecule has 72 valence electrons. The predicted octanol–water partition coefficient (Wildman–Crippen LogP) is 2.80. The third-order valence-corrected chi connectivity index (χ3v) is 3.49. The third kappa shape index (κ3) is 3.41. The summed E-state index contributed by atoms with van der Waals surface area (Å²) in [6, 6.07) is 10.2. The molecule has 1 N–H and O–H groups in total. The maximum absolute atomic E-state index is 9.14. The van der Waals surface area contributed by atoms with Crippen molar-refractivity contribution < 1.29 is 5.11 Å². The summed E-state index contributed by atoms with van der Waals surface area (Å²) in [5, 5.41) is 9.44. The van der Waals surface area contributed by atoms with Crippen LogP contribution in [0.2, 0.25) is 0 Å². The first-order valence-electron chi connectivity index (χ1n) is 4.56. The zero-order valence-electron chi connectivity index (χ0n) is 8.10. The molecule has 0 fully saturated rings. The van der Waals surface area contributed by atoms with E-state index in [9.17, 15) is 0 Å². The molecule has 0 aromatic heterocycles. The van der Waals surface area contributed by atoms with E-state index >= 15 is 0 Å². The molecule has 1 aromatic rings. The molecule has 0 saturated carbocycles. The Morgan fingerprint density at radius 2 is 1.85 bits per heavy atom. The van der Waals surface area contributed by atoms with Crippen molar-refractivity contribution in [3.8, 4) is 0 Å². The molecule has 1 nitrogen and oxygen atoms in total. The molecule has 0 spiro atoms. The van der Waals surface area contributed by atoms with Crippen molar-refractivity contribution in [3.63, 3.8) is 0 Å². The van der Waals surface area contributed by atoms with Crippen LogP contribution < -0.4 is 0 Å². The van der Waals surface area contributed by atoms with Gasteiger partial charge in [0.1, 0.15) is 0 Å². The van der Waals surface area contributed by atoms with Crippen molar-refractivity contribution in [1.29, 1.82) is 0 Å². The summed E-state index contributed by atoms with van der Waals surface area (Å²) in [6.45, 7) is 4.52. The number of aliphatic hydroxyl groups excluding tert-OH is 1. The summed E-state index contributed by atoms with van der Waals surface area (Å²) < 4.78 is 0. The van der Waals surface area contributed by atoms with Crippen molar-refractivity contribution in [2.75, 3.05) is 6.61 Å². The molecule has 0 aliphatic carbocycles. The molecule has 0 unspecified atom stereocenters. The van der Waals surface area contributed by atoms with E-state index in [4.69, 9.17) is 5.11 Å². The van der Waals surface area contributed by atoms with Gasteiger partial charge in [-0.25, -0.2) is 0 Å². The van der Waals surface area contributed by atoms with Crippen LogP contribution >= 0.6 is 11.8 Å². The fourth-order valence-electron chi connectivity index (χ4n) is 1.06. The van der Waals surface area contributed by atoms with Crippen molar-refractivity contribution >= 4 is 11.8 Å². The molecule has 0 saturated heterocycles. The summed E-state index contributed by atoms with van der Waals surface area (Å²) in [5.41, 5.74) is 0. The topological polar surface area (TPSA) is 20.2 Å². The Morgan fingerprint density at radius 1 is 1.23 bits per heavy atom. The van der Waals surface area contributed by atoms with Gasteiger partial charge in [0.15, 0.2) is 0 Å². The van der Waals surface area contributed by atoms with Gasteiger partial charge in [0.05, 0.1) is 6.61 Å². The average Bonchev–Trinajstić information content (AvgIpc) is 2.15. The van der Waals surface area contributed by atoms with Gasteiger partial charge >= 0.3 is 0 Å². The summed E-state index contributed by atoms with van der Waals surface area (Å²) in [5.74, 6) is 0.509. The normalized spacial score (nSPS) is 13.2. The van der Waals surface area contributed by atoms with Gasteiger partial charge in [-0.05, 0) is 18.1 Å². The molecule has 1 atom stereocenters. The molecule has 0 aliphatic rings. The van der Waals surface area contributed by atoms with E-state index in [1.54, 1.807) is 11.8 Å². The summed E-state index contributed by atoms with van der Waals surface area (Å²) in [7, 11) is 0. The Bertz CT molecular complexity index is 233. The zero-order chi connectivity index (χ0) is 9.68. The second kappa shape index (κ2) is 5.30. The van der Waals surface area contributed by atoms with Crippen molar-refractivity contribution in [2.24, 2.45) is 5.92 Å². The number of aliphatic hydroxyl groups is 1. The minimum Gasteiger partial charge on any atom is -0.395 e. The molecular weight excluding hydrogens is 180 g/mol.